The normalized spacial score (nSPS) is 13.8. The Kier molecular flexibility index (Phi) is 50.3. The van der Waals surface area contributed by atoms with Gasteiger partial charge in [-0.15, -0.1) is 0 Å². The Labute approximate surface area is 387 Å². The van der Waals surface area contributed by atoms with Crippen LogP contribution in [-0.2, 0) is 4.79 Å². The van der Waals surface area contributed by atoms with Crippen LogP contribution in [0.3, 0.4) is 0 Å². The van der Waals surface area contributed by atoms with Crippen LogP contribution in [0.25, 0.3) is 0 Å². The Hall–Kier alpha value is -0.950. The van der Waals surface area contributed by atoms with Gasteiger partial charge in [-0.3, -0.25) is 4.79 Å². The van der Waals surface area contributed by atoms with E-state index in [9.17, 15) is 25.2 Å². The maximum atomic E-state index is 12.5. The van der Waals surface area contributed by atoms with Crippen LogP contribution in [0.1, 0.15) is 309 Å². The summed E-state index contributed by atoms with van der Waals surface area (Å²) in [6, 6.07) is -0.980. The predicted octanol–water partition coefficient (Wildman–Crippen LogP) is 16.1. The van der Waals surface area contributed by atoms with E-state index in [0.717, 1.165) is 38.5 Å². The minimum atomic E-state index is -1.25. The number of hydrogen-bond donors (Lipinski definition) is 5. The summed E-state index contributed by atoms with van der Waals surface area (Å²) in [6.45, 7) is 4.05. The SMILES string of the molecule is CCCCCCCCCCCCCCCCCC/C=C\CCCCCCCCCCCCCCCCCCC(O)C(=O)NC(CO)C(O)C(O)CCCCCCCCCCCC. The Bertz CT molecular complexity index is 898. The van der Waals surface area contributed by atoms with Gasteiger partial charge in [-0.25, -0.2) is 0 Å². The molecule has 4 unspecified atom stereocenters. The number of hydrogen-bond acceptors (Lipinski definition) is 5. The molecular weight excluding hydrogens is 767 g/mol. The fraction of sp³-hybridized carbons (Fsp3) is 0.946. The Morgan fingerprint density at radius 2 is 0.645 bits per heavy atom. The van der Waals surface area contributed by atoms with E-state index in [1.165, 1.54) is 244 Å². The standard InChI is InChI=1S/C56H111NO5/c1-3-5-7-9-11-13-15-16-17-18-19-20-21-22-23-24-25-26-27-28-29-30-31-32-33-34-35-36-37-38-39-40-42-44-46-48-50-54(60)56(62)57-52(51-58)55(61)53(59)49-47-45-43-41-14-12-10-8-6-4-2/h26-27,52-55,58-61H,3-25,28-51H2,1-2H3,(H,57,62)/b27-26-. The minimum Gasteiger partial charge on any atom is -0.394 e. The average Bonchev–Trinajstić information content (AvgIpc) is 3.28. The van der Waals surface area contributed by atoms with Crippen molar-refractivity contribution < 1.29 is 25.2 Å². The number of nitrogens with one attached hydrogen (secondary N) is 1. The first-order valence-corrected chi connectivity index (χ1v) is 28.1. The summed E-state index contributed by atoms with van der Waals surface area (Å²) in [4.78, 5) is 12.5. The minimum absolute atomic E-state index is 0.373. The number of amides is 1. The van der Waals surface area contributed by atoms with Crippen LogP contribution in [0.2, 0.25) is 0 Å². The quantitative estimate of drug-likeness (QED) is 0.0309. The van der Waals surface area contributed by atoms with Crippen molar-refractivity contribution in [3.8, 4) is 0 Å². The van der Waals surface area contributed by atoms with Crippen molar-refractivity contribution in [1.82, 2.24) is 5.32 Å². The van der Waals surface area contributed by atoms with Gasteiger partial charge < -0.3 is 25.7 Å². The first-order valence-electron chi connectivity index (χ1n) is 28.1. The molecule has 0 spiro atoms. The van der Waals surface area contributed by atoms with Crippen LogP contribution < -0.4 is 5.32 Å². The highest BCUT2D eigenvalue weighted by Gasteiger charge is 2.28. The summed E-state index contributed by atoms with van der Waals surface area (Å²) in [5.74, 6) is -0.580. The Morgan fingerprint density at radius 1 is 0.387 bits per heavy atom. The smallest absolute Gasteiger partial charge is 0.249 e. The summed E-state index contributed by atoms with van der Waals surface area (Å²) < 4.78 is 0. The lowest BCUT2D eigenvalue weighted by molar-refractivity contribution is -0.132. The number of allylic oxidation sites excluding steroid dienone is 2. The molecule has 6 heteroatoms. The van der Waals surface area contributed by atoms with E-state index in [4.69, 9.17) is 0 Å². The van der Waals surface area contributed by atoms with Crippen molar-refractivity contribution in [3.05, 3.63) is 12.2 Å². The molecule has 370 valence electrons. The third-order valence-corrected chi connectivity index (χ3v) is 13.5. The molecule has 0 saturated heterocycles. The molecule has 0 heterocycles. The molecule has 6 nitrogen and oxygen atoms in total. The van der Waals surface area contributed by atoms with E-state index in [-0.39, 0.29) is 0 Å². The van der Waals surface area contributed by atoms with Gasteiger partial charge in [-0.05, 0) is 38.5 Å². The van der Waals surface area contributed by atoms with Gasteiger partial charge in [0.2, 0.25) is 5.91 Å². The van der Waals surface area contributed by atoms with E-state index in [1.54, 1.807) is 0 Å². The van der Waals surface area contributed by atoms with Gasteiger partial charge in [0, 0.05) is 0 Å². The number of unbranched alkanes of at least 4 members (excludes halogenated alkanes) is 41. The molecule has 0 bridgehead atoms. The molecule has 0 radical (unpaired) electrons. The van der Waals surface area contributed by atoms with Crippen LogP contribution in [0.5, 0.6) is 0 Å². The van der Waals surface area contributed by atoms with E-state index in [1.807, 2.05) is 0 Å². The zero-order valence-corrected chi connectivity index (χ0v) is 41.9. The van der Waals surface area contributed by atoms with Gasteiger partial charge >= 0.3 is 0 Å². The lowest BCUT2D eigenvalue weighted by atomic mass is 9.99. The summed E-state index contributed by atoms with van der Waals surface area (Å²) >= 11 is 0. The second kappa shape index (κ2) is 51.0. The molecule has 5 N–H and O–H groups in total. The fourth-order valence-electron chi connectivity index (χ4n) is 9.05. The van der Waals surface area contributed by atoms with Crippen molar-refractivity contribution in [2.24, 2.45) is 0 Å². The Morgan fingerprint density at radius 3 is 0.935 bits per heavy atom. The van der Waals surface area contributed by atoms with Crippen molar-refractivity contribution in [3.63, 3.8) is 0 Å². The zero-order valence-electron chi connectivity index (χ0n) is 41.9. The van der Waals surface area contributed by atoms with Crippen LogP contribution in [0.15, 0.2) is 12.2 Å². The summed E-state index contributed by atoms with van der Waals surface area (Å²) in [6.07, 6.45) is 60.3. The topological polar surface area (TPSA) is 110 Å². The largest absolute Gasteiger partial charge is 0.394 e. The molecule has 0 aliphatic carbocycles. The highest BCUT2D eigenvalue weighted by Crippen LogP contribution is 2.18. The summed E-state index contributed by atoms with van der Waals surface area (Å²) in [7, 11) is 0. The molecule has 0 aromatic heterocycles. The van der Waals surface area contributed by atoms with E-state index in [0.29, 0.717) is 12.8 Å². The van der Waals surface area contributed by atoms with E-state index >= 15 is 0 Å². The van der Waals surface area contributed by atoms with Crippen molar-refractivity contribution >= 4 is 5.91 Å². The number of aliphatic hydroxyl groups excluding tert-OH is 4. The fourth-order valence-corrected chi connectivity index (χ4v) is 9.05. The molecule has 62 heavy (non-hydrogen) atoms. The number of carbonyl (C=O) groups excluding carboxylic acids is 1. The van der Waals surface area contributed by atoms with Crippen molar-refractivity contribution in [2.45, 2.75) is 334 Å². The lowest BCUT2D eigenvalue weighted by Gasteiger charge is -2.27. The molecule has 1 amide bonds. The van der Waals surface area contributed by atoms with Gasteiger partial charge in [0.05, 0.1) is 18.8 Å². The third kappa shape index (κ3) is 44.3. The van der Waals surface area contributed by atoms with Crippen LogP contribution in [0.4, 0.5) is 0 Å². The maximum Gasteiger partial charge on any atom is 0.249 e. The van der Waals surface area contributed by atoms with Gasteiger partial charge in [0.1, 0.15) is 12.2 Å². The molecule has 0 rings (SSSR count). The number of aliphatic hydroxyl groups is 4. The molecule has 0 saturated carbocycles. The summed E-state index contributed by atoms with van der Waals surface area (Å²) in [5, 5.41) is 43.7. The molecule has 0 fully saturated rings. The lowest BCUT2D eigenvalue weighted by Crippen LogP contribution is -2.53. The van der Waals surface area contributed by atoms with Crippen molar-refractivity contribution in [1.29, 1.82) is 0 Å². The maximum absolute atomic E-state index is 12.5. The van der Waals surface area contributed by atoms with Gasteiger partial charge in [-0.2, -0.15) is 0 Å². The first kappa shape index (κ1) is 61.0. The molecule has 0 aliphatic heterocycles. The van der Waals surface area contributed by atoms with Crippen LogP contribution >= 0.6 is 0 Å². The molecule has 0 aliphatic rings. The van der Waals surface area contributed by atoms with Crippen LogP contribution in [0, 0.1) is 0 Å². The molecule has 0 aromatic rings. The molecular formula is C56H111NO5. The Balaban J connectivity index is 3.48. The predicted molar refractivity (Wildman–Crippen MR) is 270 cm³/mol. The van der Waals surface area contributed by atoms with E-state index < -0.39 is 36.9 Å². The number of carbonyl (C=O) groups is 1. The third-order valence-electron chi connectivity index (χ3n) is 13.5. The highest BCUT2D eigenvalue weighted by molar-refractivity contribution is 5.80. The summed E-state index contributed by atoms with van der Waals surface area (Å²) in [5.41, 5.74) is 0. The zero-order chi connectivity index (χ0) is 45.2. The van der Waals surface area contributed by atoms with Crippen molar-refractivity contribution in [2.75, 3.05) is 6.61 Å². The second-order valence-corrected chi connectivity index (χ2v) is 19.6. The van der Waals surface area contributed by atoms with E-state index in [2.05, 4.69) is 31.3 Å². The molecule has 0 aromatic carbocycles. The van der Waals surface area contributed by atoms with Gasteiger partial charge in [0.15, 0.2) is 0 Å². The van der Waals surface area contributed by atoms with Gasteiger partial charge in [0.25, 0.3) is 0 Å². The second-order valence-electron chi connectivity index (χ2n) is 19.6. The highest BCUT2D eigenvalue weighted by atomic mass is 16.3. The number of rotatable bonds is 52. The van der Waals surface area contributed by atoms with Gasteiger partial charge in [-0.1, -0.05) is 283 Å². The van der Waals surface area contributed by atoms with Crippen LogP contribution in [-0.4, -0.2) is 57.3 Å². The monoisotopic (exact) mass is 878 g/mol. The average molecular weight is 879 g/mol. The molecule has 4 atom stereocenters. The first-order chi connectivity index (χ1) is 30.5.